The minimum Gasteiger partial charge on any atom is -0.305 e. The van der Waals surface area contributed by atoms with E-state index in [1.807, 2.05) is 30.3 Å². The molecule has 98 valence electrons. The van der Waals surface area contributed by atoms with Crippen LogP contribution in [-0.2, 0) is 0 Å². The van der Waals surface area contributed by atoms with Gasteiger partial charge < -0.3 is 5.32 Å². The predicted octanol–water partition coefficient (Wildman–Crippen LogP) is 3.64. The summed E-state index contributed by atoms with van der Waals surface area (Å²) in [5.74, 6) is 0.214. The van der Waals surface area contributed by atoms with Crippen LogP contribution < -0.4 is 5.32 Å². The van der Waals surface area contributed by atoms with Crippen LogP contribution in [0.5, 0.6) is 0 Å². The van der Waals surface area contributed by atoms with Crippen molar-refractivity contribution in [3.63, 3.8) is 0 Å². The largest absolute Gasteiger partial charge is 0.305 e. The number of aromatic nitrogens is 2. The zero-order valence-electron chi connectivity index (χ0n) is 10.4. The molecular formula is C15H10BrN3O. The predicted molar refractivity (Wildman–Crippen MR) is 81.6 cm³/mol. The second kappa shape index (κ2) is 5.38. The molecule has 0 spiro atoms. The number of nitrogens with one attached hydrogen (secondary N) is 1. The van der Waals surface area contributed by atoms with Crippen LogP contribution in [-0.4, -0.2) is 15.9 Å². The lowest BCUT2D eigenvalue weighted by Gasteiger charge is -2.06. The summed E-state index contributed by atoms with van der Waals surface area (Å²) in [6.45, 7) is 0. The second-order valence-electron chi connectivity index (χ2n) is 4.19. The van der Waals surface area contributed by atoms with Crippen molar-refractivity contribution in [3.05, 3.63) is 65.0 Å². The third-order valence-corrected chi connectivity index (χ3v) is 3.35. The van der Waals surface area contributed by atoms with Crippen molar-refractivity contribution in [1.82, 2.24) is 9.97 Å². The van der Waals surface area contributed by atoms with Gasteiger partial charge in [-0.3, -0.25) is 9.78 Å². The van der Waals surface area contributed by atoms with E-state index in [1.165, 1.54) is 0 Å². The lowest BCUT2D eigenvalue weighted by atomic mass is 10.1. The quantitative estimate of drug-likeness (QED) is 0.781. The molecule has 0 saturated carbocycles. The van der Waals surface area contributed by atoms with Gasteiger partial charge in [-0.25, -0.2) is 4.98 Å². The Balaban J connectivity index is 1.97. The number of carbonyl (C=O) groups is 1. The number of nitrogens with zero attached hydrogens (tertiary/aromatic N) is 2. The molecule has 2 heterocycles. The molecule has 1 aromatic carbocycles. The van der Waals surface area contributed by atoms with E-state index in [0.29, 0.717) is 11.5 Å². The molecule has 0 bridgehead atoms. The number of anilines is 1. The summed E-state index contributed by atoms with van der Waals surface area (Å²) >= 11 is 3.34. The molecule has 2 aromatic heterocycles. The fraction of sp³-hybridized carbons (Fsp3) is 0. The summed E-state index contributed by atoms with van der Waals surface area (Å²) in [5.41, 5.74) is 0.393. The summed E-state index contributed by atoms with van der Waals surface area (Å²) < 4.78 is 0.855. The molecule has 0 aliphatic heterocycles. The van der Waals surface area contributed by atoms with Crippen molar-refractivity contribution in [3.8, 4) is 0 Å². The molecule has 0 aliphatic rings. The third kappa shape index (κ3) is 2.53. The first-order chi connectivity index (χ1) is 9.74. The topological polar surface area (TPSA) is 54.9 Å². The van der Waals surface area contributed by atoms with Gasteiger partial charge in [0.2, 0.25) is 0 Å². The maximum absolute atomic E-state index is 12.3. The molecule has 5 heteroatoms. The number of amides is 1. The summed E-state index contributed by atoms with van der Waals surface area (Å²) in [7, 11) is 0. The Hall–Kier alpha value is -2.27. The Labute approximate surface area is 124 Å². The monoisotopic (exact) mass is 327 g/mol. The summed E-state index contributed by atoms with van der Waals surface area (Å²) in [4.78, 5) is 20.6. The SMILES string of the molecule is O=C(Nc1cc(Br)ccn1)c1nccc2ccccc12. The van der Waals surface area contributed by atoms with E-state index in [0.717, 1.165) is 15.2 Å². The highest BCUT2D eigenvalue weighted by Crippen LogP contribution is 2.18. The Morgan fingerprint density at radius 2 is 1.85 bits per heavy atom. The van der Waals surface area contributed by atoms with Crippen LogP contribution in [0.1, 0.15) is 10.5 Å². The summed E-state index contributed by atoms with van der Waals surface area (Å²) in [6, 6.07) is 13.1. The summed E-state index contributed by atoms with van der Waals surface area (Å²) in [6.07, 6.45) is 3.25. The van der Waals surface area contributed by atoms with Crippen LogP contribution in [0.2, 0.25) is 0 Å². The van der Waals surface area contributed by atoms with Gasteiger partial charge in [0, 0.05) is 22.3 Å². The van der Waals surface area contributed by atoms with Crippen LogP contribution in [0, 0.1) is 0 Å². The van der Waals surface area contributed by atoms with E-state index in [1.54, 1.807) is 24.5 Å². The highest BCUT2D eigenvalue weighted by molar-refractivity contribution is 9.10. The summed E-state index contributed by atoms with van der Waals surface area (Å²) in [5, 5.41) is 4.55. The van der Waals surface area contributed by atoms with Gasteiger partial charge in [-0.1, -0.05) is 40.2 Å². The average Bonchev–Trinajstić information content (AvgIpc) is 2.46. The molecule has 20 heavy (non-hydrogen) atoms. The minimum absolute atomic E-state index is 0.271. The van der Waals surface area contributed by atoms with Crippen molar-refractivity contribution in [2.45, 2.75) is 0 Å². The molecule has 0 unspecified atom stereocenters. The van der Waals surface area contributed by atoms with Gasteiger partial charge in [-0.15, -0.1) is 0 Å². The normalized spacial score (nSPS) is 10.4. The smallest absolute Gasteiger partial charge is 0.276 e. The molecular weight excluding hydrogens is 318 g/mol. The number of hydrogen-bond donors (Lipinski definition) is 1. The van der Waals surface area contributed by atoms with E-state index in [9.17, 15) is 4.79 Å². The highest BCUT2D eigenvalue weighted by atomic mass is 79.9. The number of benzene rings is 1. The highest BCUT2D eigenvalue weighted by Gasteiger charge is 2.12. The molecule has 3 aromatic rings. The zero-order chi connectivity index (χ0) is 13.9. The van der Waals surface area contributed by atoms with Crippen molar-refractivity contribution in [2.24, 2.45) is 0 Å². The van der Waals surface area contributed by atoms with Gasteiger partial charge in [0.25, 0.3) is 5.91 Å². The lowest BCUT2D eigenvalue weighted by molar-refractivity contribution is 0.102. The Morgan fingerprint density at radius 1 is 1.05 bits per heavy atom. The molecule has 1 N–H and O–H groups in total. The van der Waals surface area contributed by atoms with E-state index in [-0.39, 0.29) is 5.91 Å². The van der Waals surface area contributed by atoms with Crippen molar-refractivity contribution in [2.75, 3.05) is 5.32 Å². The van der Waals surface area contributed by atoms with E-state index < -0.39 is 0 Å². The fourth-order valence-electron chi connectivity index (χ4n) is 1.95. The number of pyridine rings is 2. The zero-order valence-corrected chi connectivity index (χ0v) is 12.0. The van der Waals surface area contributed by atoms with Gasteiger partial charge in [0.05, 0.1) is 0 Å². The molecule has 1 amide bonds. The van der Waals surface area contributed by atoms with Gasteiger partial charge in [-0.05, 0) is 23.6 Å². The lowest BCUT2D eigenvalue weighted by Crippen LogP contribution is -2.14. The fourth-order valence-corrected chi connectivity index (χ4v) is 2.28. The maximum Gasteiger partial charge on any atom is 0.276 e. The maximum atomic E-state index is 12.3. The van der Waals surface area contributed by atoms with Gasteiger partial charge in [-0.2, -0.15) is 0 Å². The van der Waals surface area contributed by atoms with Crippen molar-refractivity contribution >= 4 is 38.4 Å². The van der Waals surface area contributed by atoms with Crippen molar-refractivity contribution < 1.29 is 4.79 Å². The molecule has 0 atom stereocenters. The number of fused-ring (bicyclic) bond motifs is 1. The number of halogens is 1. The van der Waals surface area contributed by atoms with Gasteiger partial charge in [0.1, 0.15) is 11.5 Å². The molecule has 0 fully saturated rings. The Bertz CT molecular complexity index is 783. The molecule has 3 rings (SSSR count). The van der Waals surface area contributed by atoms with Crippen molar-refractivity contribution in [1.29, 1.82) is 0 Å². The van der Waals surface area contributed by atoms with E-state index in [4.69, 9.17) is 0 Å². The van der Waals surface area contributed by atoms with Crippen LogP contribution in [0.3, 0.4) is 0 Å². The van der Waals surface area contributed by atoms with Crippen LogP contribution in [0.25, 0.3) is 10.8 Å². The number of carbonyl (C=O) groups excluding carboxylic acids is 1. The molecule has 4 nitrogen and oxygen atoms in total. The first kappa shape index (κ1) is 12.7. The molecule has 0 aliphatic carbocycles. The van der Waals surface area contributed by atoms with Crippen LogP contribution in [0.15, 0.2) is 59.3 Å². The van der Waals surface area contributed by atoms with E-state index >= 15 is 0 Å². The Kier molecular flexibility index (Phi) is 3.43. The molecule has 0 radical (unpaired) electrons. The number of rotatable bonds is 2. The van der Waals surface area contributed by atoms with Crippen LogP contribution in [0.4, 0.5) is 5.82 Å². The number of hydrogen-bond acceptors (Lipinski definition) is 3. The van der Waals surface area contributed by atoms with Crippen LogP contribution >= 0.6 is 15.9 Å². The Morgan fingerprint density at radius 3 is 2.70 bits per heavy atom. The third-order valence-electron chi connectivity index (χ3n) is 2.85. The first-order valence-electron chi connectivity index (χ1n) is 6.01. The first-order valence-corrected chi connectivity index (χ1v) is 6.80. The average molecular weight is 328 g/mol. The van der Waals surface area contributed by atoms with E-state index in [2.05, 4.69) is 31.2 Å². The van der Waals surface area contributed by atoms with Gasteiger partial charge in [0.15, 0.2) is 0 Å². The molecule has 0 saturated heterocycles. The second-order valence-corrected chi connectivity index (χ2v) is 5.11. The van der Waals surface area contributed by atoms with Gasteiger partial charge >= 0.3 is 0 Å². The minimum atomic E-state index is -0.271. The standard InChI is InChI=1S/C15H10BrN3O/c16-11-6-8-17-13(9-11)19-15(20)14-12-4-2-1-3-10(12)5-7-18-14/h1-9H,(H,17,19,20).